The van der Waals surface area contributed by atoms with Gasteiger partial charge in [0, 0.05) is 28.8 Å². The third kappa shape index (κ3) is 5.23. The molecule has 0 atom stereocenters. The lowest BCUT2D eigenvalue weighted by molar-refractivity contribution is -0.115. The van der Waals surface area contributed by atoms with Crippen LogP contribution in [0.1, 0.15) is 23.6 Å². The zero-order valence-electron chi connectivity index (χ0n) is 18.0. The van der Waals surface area contributed by atoms with Crippen LogP contribution in [0.4, 0.5) is 9.52 Å². The third-order valence-corrected chi connectivity index (χ3v) is 7.75. The van der Waals surface area contributed by atoms with Gasteiger partial charge in [-0.05, 0) is 56.3 Å². The fourth-order valence-electron chi connectivity index (χ4n) is 3.49. The quantitative estimate of drug-likeness (QED) is 0.360. The number of rotatable bonds is 8. The fraction of sp³-hybridized carbons (Fsp3) is 0.217. The maximum atomic E-state index is 13.0. The SMILES string of the molecule is Cc1cc(-c2csc(NC(=O)CCS(=O)(=O)c3ccc(F)cc3)n2)c(C)n1Cc1ccco1. The van der Waals surface area contributed by atoms with Gasteiger partial charge in [-0.1, -0.05) is 0 Å². The molecule has 4 rings (SSSR count). The number of halogens is 1. The zero-order valence-corrected chi connectivity index (χ0v) is 19.7. The largest absolute Gasteiger partial charge is 0.467 e. The van der Waals surface area contributed by atoms with Crippen LogP contribution < -0.4 is 5.32 Å². The minimum Gasteiger partial charge on any atom is -0.467 e. The lowest BCUT2D eigenvalue weighted by Gasteiger charge is -2.07. The topological polar surface area (TPSA) is 94.2 Å². The van der Waals surface area contributed by atoms with Crippen molar-refractivity contribution in [2.24, 2.45) is 0 Å². The van der Waals surface area contributed by atoms with Gasteiger partial charge in [0.25, 0.3) is 0 Å². The highest BCUT2D eigenvalue weighted by atomic mass is 32.2. The molecule has 1 N–H and O–H groups in total. The van der Waals surface area contributed by atoms with Crippen molar-refractivity contribution >= 4 is 32.2 Å². The molecule has 0 aliphatic heterocycles. The summed E-state index contributed by atoms with van der Waals surface area (Å²) in [5.41, 5.74) is 3.77. The Morgan fingerprint density at radius 1 is 1.21 bits per heavy atom. The molecule has 33 heavy (non-hydrogen) atoms. The molecule has 0 spiro atoms. The highest BCUT2D eigenvalue weighted by molar-refractivity contribution is 7.91. The summed E-state index contributed by atoms with van der Waals surface area (Å²) in [5.74, 6) is -0.501. The minimum atomic E-state index is -3.69. The molecule has 0 fully saturated rings. The van der Waals surface area contributed by atoms with Crippen LogP contribution in [0.25, 0.3) is 11.3 Å². The van der Waals surface area contributed by atoms with Gasteiger partial charge < -0.3 is 14.3 Å². The molecule has 0 saturated carbocycles. The molecule has 3 aromatic heterocycles. The zero-order chi connectivity index (χ0) is 23.6. The molecule has 7 nitrogen and oxygen atoms in total. The summed E-state index contributed by atoms with van der Waals surface area (Å²) < 4.78 is 45.3. The first-order valence-corrected chi connectivity index (χ1v) is 12.7. The van der Waals surface area contributed by atoms with Crippen molar-refractivity contribution in [1.29, 1.82) is 0 Å². The van der Waals surface area contributed by atoms with Gasteiger partial charge in [0.15, 0.2) is 15.0 Å². The van der Waals surface area contributed by atoms with E-state index in [1.165, 1.54) is 23.5 Å². The average molecular weight is 488 g/mol. The fourth-order valence-corrected chi connectivity index (χ4v) is 5.45. The Morgan fingerprint density at radius 3 is 2.67 bits per heavy atom. The number of sulfone groups is 1. The number of anilines is 1. The van der Waals surface area contributed by atoms with Gasteiger partial charge in [-0.25, -0.2) is 17.8 Å². The van der Waals surface area contributed by atoms with Crippen molar-refractivity contribution in [1.82, 2.24) is 9.55 Å². The molecule has 1 amide bonds. The number of nitrogens with zero attached hydrogens (tertiary/aromatic N) is 2. The van der Waals surface area contributed by atoms with E-state index in [1.807, 2.05) is 37.4 Å². The number of carbonyl (C=O) groups excluding carboxylic acids is 1. The lowest BCUT2D eigenvalue weighted by atomic mass is 10.2. The summed E-state index contributed by atoms with van der Waals surface area (Å²) in [6.45, 7) is 4.63. The van der Waals surface area contributed by atoms with Crippen molar-refractivity contribution < 1.29 is 22.0 Å². The average Bonchev–Trinajstić information content (AvgIpc) is 3.51. The second-order valence-corrected chi connectivity index (χ2v) is 10.5. The van der Waals surface area contributed by atoms with Gasteiger partial charge in [0.2, 0.25) is 5.91 Å². The number of nitrogens with one attached hydrogen (secondary N) is 1. The molecule has 172 valence electrons. The number of hydrogen-bond acceptors (Lipinski definition) is 6. The molecule has 3 heterocycles. The van der Waals surface area contributed by atoms with Crippen LogP contribution in [-0.2, 0) is 21.2 Å². The summed E-state index contributed by atoms with van der Waals surface area (Å²) in [4.78, 5) is 16.8. The van der Waals surface area contributed by atoms with Crippen LogP contribution in [0.15, 0.2) is 63.4 Å². The van der Waals surface area contributed by atoms with Crippen molar-refractivity contribution in [3.63, 3.8) is 0 Å². The summed E-state index contributed by atoms with van der Waals surface area (Å²) in [7, 11) is -3.69. The second kappa shape index (κ2) is 9.32. The molecule has 0 saturated heterocycles. The summed E-state index contributed by atoms with van der Waals surface area (Å²) in [6.07, 6.45) is 1.41. The molecular weight excluding hydrogens is 465 g/mol. The van der Waals surface area contributed by atoms with E-state index in [0.29, 0.717) is 11.7 Å². The number of thiazole rings is 1. The number of amides is 1. The highest BCUT2D eigenvalue weighted by Gasteiger charge is 2.18. The van der Waals surface area contributed by atoms with Gasteiger partial charge in [0.05, 0.1) is 29.2 Å². The monoisotopic (exact) mass is 487 g/mol. The van der Waals surface area contributed by atoms with Crippen LogP contribution in [0.2, 0.25) is 0 Å². The van der Waals surface area contributed by atoms with Gasteiger partial charge in [0.1, 0.15) is 11.6 Å². The maximum Gasteiger partial charge on any atom is 0.227 e. The van der Waals surface area contributed by atoms with Crippen molar-refractivity contribution in [3.05, 3.63) is 77.1 Å². The second-order valence-electron chi connectivity index (χ2n) is 7.56. The Balaban J connectivity index is 1.41. The minimum absolute atomic E-state index is 0.0156. The Labute approximate surface area is 194 Å². The van der Waals surface area contributed by atoms with Crippen LogP contribution in [0, 0.1) is 19.7 Å². The van der Waals surface area contributed by atoms with Crippen LogP contribution in [0.5, 0.6) is 0 Å². The molecule has 10 heteroatoms. The summed E-state index contributed by atoms with van der Waals surface area (Å²) in [6, 6.07) is 10.4. The molecule has 4 aromatic rings. The Kier molecular flexibility index (Phi) is 6.48. The smallest absolute Gasteiger partial charge is 0.227 e. The van der Waals surface area contributed by atoms with E-state index in [1.54, 1.807) is 6.26 Å². The van der Waals surface area contributed by atoms with Gasteiger partial charge >= 0.3 is 0 Å². The Morgan fingerprint density at radius 2 is 1.97 bits per heavy atom. The number of carbonyl (C=O) groups is 1. The van der Waals surface area contributed by atoms with Crippen molar-refractivity contribution in [2.45, 2.75) is 31.7 Å². The Hall–Kier alpha value is -3.24. The van der Waals surface area contributed by atoms with E-state index in [4.69, 9.17) is 4.42 Å². The first-order chi connectivity index (χ1) is 15.7. The molecule has 0 radical (unpaired) electrons. The molecular formula is C23H22FN3O4S2. The van der Waals surface area contributed by atoms with Gasteiger partial charge in [-0.15, -0.1) is 11.3 Å². The molecule has 0 unspecified atom stereocenters. The standard InChI is InChI=1S/C23H22FN3O4S2/c1-15-12-20(16(2)27(15)13-18-4-3-10-31-18)21-14-32-23(25-21)26-22(28)9-11-33(29,30)19-7-5-17(24)6-8-19/h3-8,10,12,14H,9,11,13H2,1-2H3,(H,25,26,28). The predicted molar refractivity (Wildman–Crippen MR) is 125 cm³/mol. The molecule has 0 aliphatic carbocycles. The van der Waals surface area contributed by atoms with E-state index in [-0.39, 0.29) is 17.1 Å². The van der Waals surface area contributed by atoms with E-state index < -0.39 is 21.6 Å². The van der Waals surface area contributed by atoms with Crippen LogP contribution in [0.3, 0.4) is 0 Å². The number of benzene rings is 1. The first kappa shape index (κ1) is 22.9. The normalized spacial score (nSPS) is 11.6. The number of furan rings is 1. The van der Waals surface area contributed by atoms with Gasteiger partial charge in [-0.2, -0.15) is 0 Å². The van der Waals surface area contributed by atoms with Crippen LogP contribution >= 0.6 is 11.3 Å². The number of aryl methyl sites for hydroxylation is 1. The van der Waals surface area contributed by atoms with Gasteiger partial charge in [-0.3, -0.25) is 4.79 Å². The highest BCUT2D eigenvalue weighted by Crippen LogP contribution is 2.30. The van der Waals surface area contributed by atoms with E-state index in [0.717, 1.165) is 40.5 Å². The van der Waals surface area contributed by atoms with Crippen molar-refractivity contribution in [2.75, 3.05) is 11.1 Å². The van der Waals surface area contributed by atoms with E-state index in [9.17, 15) is 17.6 Å². The Bertz CT molecular complexity index is 1370. The van der Waals surface area contributed by atoms with Crippen molar-refractivity contribution in [3.8, 4) is 11.3 Å². The summed E-state index contributed by atoms with van der Waals surface area (Å²) in [5, 5.41) is 4.91. The number of hydrogen-bond donors (Lipinski definition) is 1. The first-order valence-electron chi connectivity index (χ1n) is 10.2. The predicted octanol–water partition coefficient (Wildman–Crippen LogP) is 4.81. The third-order valence-electron chi connectivity index (χ3n) is 5.26. The molecule has 0 bridgehead atoms. The molecule has 0 aliphatic rings. The number of aromatic nitrogens is 2. The van der Waals surface area contributed by atoms with Crippen LogP contribution in [-0.4, -0.2) is 29.6 Å². The summed E-state index contributed by atoms with van der Waals surface area (Å²) >= 11 is 1.27. The molecule has 1 aromatic carbocycles. The lowest BCUT2D eigenvalue weighted by Crippen LogP contribution is -2.17. The van der Waals surface area contributed by atoms with E-state index >= 15 is 0 Å². The van der Waals surface area contributed by atoms with E-state index in [2.05, 4.69) is 14.9 Å². The maximum absolute atomic E-state index is 13.0.